The number of nitrogens with one attached hydrogen (secondary N) is 1. The van der Waals surface area contributed by atoms with E-state index < -0.39 is 22.5 Å². The number of ether oxygens (including phenoxy) is 2. The van der Waals surface area contributed by atoms with Crippen LogP contribution in [0.5, 0.6) is 11.5 Å². The van der Waals surface area contributed by atoms with E-state index in [-0.39, 0.29) is 16.3 Å². The van der Waals surface area contributed by atoms with Gasteiger partial charge in [-0.05, 0) is 49.4 Å². The summed E-state index contributed by atoms with van der Waals surface area (Å²) in [6.07, 6.45) is 0. The van der Waals surface area contributed by atoms with Gasteiger partial charge in [0.25, 0.3) is 10.0 Å². The van der Waals surface area contributed by atoms with Crippen LogP contribution in [0.15, 0.2) is 71.6 Å². The first-order chi connectivity index (χ1) is 15.2. The number of hydrogen-bond acceptors (Lipinski definition) is 5. The number of carbonyl (C=O) groups is 1. The molecule has 0 aliphatic carbocycles. The van der Waals surface area contributed by atoms with Gasteiger partial charge >= 0.3 is 0 Å². The van der Waals surface area contributed by atoms with Gasteiger partial charge in [0.15, 0.2) is 0 Å². The van der Waals surface area contributed by atoms with Gasteiger partial charge in [0.1, 0.15) is 18.0 Å². The average Bonchev–Trinajstić information content (AvgIpc) is 2.77. The number of rotatable bonds is 8. The van der Waals surface area contributed by atoms with E-state index in [1.165, 1.54) is 32.4 Å². The molecule has 3 aromatic carbocycles. The first kappa shape index (κ1) is 23.4. The van der Waals surface area contributed by atoms with E-state index in [0.717, 1.165) is 9.87 Å². The van der Waals surface area contributed by atoms with Crippen molar-refractivity contribution in [1.82, 2.24) is 0 Å². The van der Waals surface area contributed by atoms with Gasteiger partial charge in [-0.2, -0.15) is 0 Å². The molecule has 3 aromatic rings. The Balaban J connectivity index is 2.03. The first-order valence-corrected chi connectivity index (χ1v) is 11.4. The Morgan fingerprint density at radius 3 is 2.34 bits per heavy atom. The standard InChI is InChI=1S/C23H23ClN2O5S/c1-16-7-10-20(11-8-16)32(28,29)26(21-12-9-19(30-2)14-22(21)31-3)15-23(27)25-18-6-4-5-17(24)13-18/h4-14H,15H2,1-3H3,(H,25,27). The summed E-state index contributed by atoms with van der Waals surface area (Å²) < 4.78 is 38.7. The molecule has 3 rings (SSSR count). The van der Waals surface area contributed by atoms with Crippen molar-refractivity contribution < 1.29 is 22.7 Å². The lowest BCUT2D eigenvalue weighted by atomic mass is 10.2. The minimum Gasteiger partial charge on any atom is -0.497 e. The molecule has 0 aliphatic rings. The number of methoxy groups -OCH3 is 2. The van der Waals surface area contributed by atoms with E-state index in [4.69, 9.17) is 21.1 Å². The van der Waals surface area contributed by atoms with Crippen LogP contribution in [0.1, 0.15) is 5.56 Å². The van der Waals surface area contributed by atoms with E-state index in [1.807, 2.05) is 6.92 Å². The van der Waals surface area contributed by atoms with Crippen molar-refractivity contribution in [2.45, 2.75) is 11.8 Å². The van der Waals surface area contributed by atoms with Crippen LogP contribution in [0, 0.1) is 6.92 Å². The zero-order valence-corrected chi connectivity index (χ0v) is 19.4. The molecule has 168 valence electrons. The quantitative estimate of drug-likeness (QED) is 0.519. The summed E-state index contributed by atoms with van der Waals surface area (Å²) in [4.78, 5) is 12.9. The first-order valence-electron chi connectivity index (χ1n) is 9.61. The Morgan fingerprint density at radius 2 is 1.72 bits per heavy atom. The Labute approximate surface area is 192 Å². The summed E-state index contributed by atoms with van der Waals surface area (Å²) in [5, 5.41) is 3.13. The molecule has 0 saturated heterocycles. The number of hydrogen-bond donors (Lipinski definition) is 1. The highest BCUT2D eigenvalue weighted by Gasteiger charge is 2.29. The molecule has 32 heavy (non-hydrogen) atoms. The second kappa shape index (κ2) is 9.93. The fourth-order valence-electron chi connectivity index (χ4n) is 3.03. The summed E-state index contributed by atoms with van der Waals surface area (Å²) in [5.74, 6) is 0.193. The van der Waals surface area contributed by atoms with Gasteiger partial charge in [0, 0.05) is 16.8 Å². The van der Waals surface area contributed by atoms with Crippen LogP contribution < -0.4 is 19.1 Å². The fraction of sp³-hybridized carbons (Fsp3) is 0.174. The molecular formula is C23H23ClN2O5S. The topological polar surface area (TPSA) is 84.9 Å². The van der Waals surface area contributed by atoms with E-state index in [2.05, 4.69) is 5.32 Å². The average molecular weight is 475 g/mol. The van der Waals surface area contributed by atoms with Crippen LogP contribution in [0.2, 0.25) is 5.02 Å². The van der Waals surface area contributed by atoms with Crippen molar-refractivity contribution in [2.75, 3.05) is 30.4 Å². The maximum absolute atomic E-state index is 13.5. The predicted molar refractivity (Wildman–Crippen MR) is 125 cm³/mol. The van der Waals surface area contributed by atoms with E-state index >= 15 is 0 Å². The molecule has 0 aromatic heterocycles. The van der Waals surface area contributed by atoms with Crippen molar-refractivity contribution in [1.29, 1.82) is 0 Å². The van der Waals surface area contributed by atoms with Gasteiger partial charge in [-0.3, -0.25) is 9.10 Å². The third kappa shape index (κ3) is 5.33. The SMILES string of the molecule is COc1ccc(N(CC(=O)Nc2cccc(Cl)c2)S(=O)(=O)c2ccc(C)cc2)c(OC)c1. The van der Waals surface area contributed by atoms with Crippen molar-refractivity contribution in [3.63, 3.8) is 0 Å². The number of carbonyl (C=O) groups excluding carboxylic acids is 1. The number of aryl methyl sites for hydroxylation is 1. The molecule has 0 radical (unpaired) electrons. The summed E-state index contributed by atoms with van der Waals surface area (Å²) in [6.45, 7) is 1.38. The lowest BCUT2D eigenvalue weighted by molar-refractivity contribution is -0.114. The molecule has 0 spiro atoms. The fourth-order valence-corrected chi connectivity index (χ4v) is 4.65. The number of nitrogens with zero attached hydrogens (tertiary/aromatic N) is 1. The predicted octanol–water partition coefficient (Wildman–Crippen LogP) is 4.50. The number of benzene rings is 3. The smallest absolute Gasteiger partial charge is 0.264 e. The second-order valence-electron chi connectivity index (χ2n) is 6.92. The zero-order valence-electron chi connectivity index (χ0n) is 17.8. The normalized spacial score (nSPS) is 11.0. The van der Waals surface area contributed by atoms with Crippen LogP contribution in [0.3, 0.4) is 0 Å². The lowest BCUT2D eigenvalue weighted by Gasteiger charge is -2.26. The zero-order chi connectivity index (χ0) is 23.3. The van der Waals surface area contributed by atoms with E-state index in [0.29, 0.717) is 16.5 Å². The maximum Gasteiger partial charge on any atom is 0.264 e. The van der Waals surface area contributed by atoms with Crippen molar-refractivity contribution >= 4 is 38.9 Å². The molecule has 0 bridgehead atoms. The van der Waals surface area contributed by atoms with Gasteiger partial charge in [0.2, 0.25) is 5.91 Å². The van der Waals surface area contributed by atoms with Gasteiger partial charge in [-0.25, -0.2) is 8.42 Å². The summed E-state index contributed by atoms with van der Waals surface area (Å²) in [6, 6.07) is 17.7. The molecule has 7 nitrogen and oxygen atoms in total. The Hall–Kier alpha value is -3.23. The largest absolute Gasteiger partial charge is 0.497 e. The van der Waals surface area contributed by atoms with Crippen LogP contribution in [0.25, 0.3) is 0 Å². The van der Waals surface area contributed by atoms with Gasteiger partial charge in [-0.15, -0.1) is 0 Å². The van der Waals surface area contributed by atoms with Crippen LogP contribution in [-0.4, -0.2) is 35.1 Å². The third-order valence-corrected chi connectivity index (χ3v) is 6.67. The number of anilines is 2. The monoisotopic (exact) mass is 474 g/mol. The Morgan fingerprint density at radius 1 is 1.00 bits per heavy atom. The van der Waals surface area contributed by atoms with Crippen LogP contribution >= 0.6 is 11.6 Å². The Kier molecular flexibility index (Phi) is 7.27. The molecular weight excluding hydrogens is 452 g/mol. The molecule has 0 atom stereocenters. The van der Waals surface area contributed by atoms with Crippen LogP contribution in [-0.2, 0) is 14.8 Å². The van der Waals surface area contributed by atoms with Crippen molar-refractivity contribution in [3.8, 4) is 11.5 Å². The third-order valence-electron chi connectivity index (χ3n) is 4.66. The summed E-state index contributed by atoms with van der Waals surface area (Å²) >= 11 is 5.98. The minimum absolute atomic E-state index is 0.0523. The number of amides is 1. The number of sulfonamides is 1. The molecule has 9 heteroatoms. The lowest BCUT2D eigenvalue weighted by Crippen LogP contribution is -2.38. The summed E-state index contributed by atoms with van der Waals surface area (Å²) in [7, 11) is -1.18. The molecule has 1 amide bonds. The maximum atomic E-state index is 13.5. The second-order valence-corrected chi connectivity index (χ2v) is 9.22. The summed E-state index contributed by atoms with van der Waals surface area (Å²) in [5.41, 5.74) is 1.57. The number of halogens is 1. The van der Waals surface area contributed by atoms with E-state index in [9.17, 15) is 13.2 Å². The van der Waals surface area contributed by atoms with E-state index in [1.54, 1.807) is 48.5 Å². The van der Waals surface area contributed by atoms with Gasteiger partial charge in [0.05, 0.1) is 24.8 Å². The van der Waals surface area contributed by atoms with Crippen molar-refractivity contribution in [3.05, 3.63) is 77.3 Å². The van der Waals surface area contributed by atoms with Gasteiger partial charge < -0.3 is 14.8 Å². The highest BCUT2D eigenvalue weighted by Crippen LogP contribution is 2.35. The highest BCUT2D eigenvalue weighted by molar-refractivity contribution is 7.92. The van der Waals surface area contributed by atoms with Gasteiger partial charge in [-0.1, -0.05) is 35.4 Å². The molecule has 1 N–H and O–H groups in total. The Bertz CT molecular complexity index is 1210. The minimum atomic E-state index is -4.09. The molecule has 0 fully saturated rings. The van der Waals surface area contributed by atoms with Crippen molar-refractivity contribution in [2.24, 2.45) is 0 Å². The molecule has 0 saturated carbocycles. The molecule has 0 unspecified atom stereocenters. The molecule has 0 aliphatic heterocycles. The van der Waals surface area contributed by atoms with Crippen LogP contribution in [0.4, 0.5) is 11.4 Å². The molecule has 0 heterocycles. The highest BCUT2D eigenvalue weighted by atomic mass is 35.5.